The largest absolute Gasteiger partial charge is 0.522 e. The molecule has 0 spiro atoms. The van der Waals surface area contributed by atoms with Crippen molar-refractivity contribution in [3.05, 3.63) is 89.6 Å². The highest BCUT2D eigenvalue weighted by atomic mass is 35.5. The molecule has 5 rings (SSSR count). The second kappa shape index (κ2) is 13.7. The van der Waals surface area contributed by atoms with Crippen molar-refractivity contribution in [2.75, 3.05) is 19.7 Å². The van der Waals surface area contributed by atoms with Gasteiger partial charge in [-0.3, -0.25) is 14.5 Å². The molecule has 0 atom stereocenters. The molecule has 1 fully saturated rings. The number of halogens is 6. The molecule has 0 radical (unpaired) electrons. The van der Waals surface area contributed by atoms with Crippen LogP contribution in [0.3, 0.4) is 0 Å². The van der Waals surface area contributed by atoms with Crippen LogP contribution in [0, 0.1) is 5.82 Å². The van der Waals surface area contributed by atoms with Crippen molar-refractivity contribution in [3.63, 3.8) is 0 Å². The zero-order chi connectivity index (χ0) is 27.6. The normalized spacial score (nSPS) is 14.0. The maximum Gasteiger partial charge on any atom is 0.522 e. The highest BCUT2D eigenvalue weighted by Crippen LogP contribution is 2.35. The second-order valence-electron chi connectivity index (χ2n) is 9.59. The summed E-state index contributed by atoms with van der Waals surface area (Å²) in [6.07, 6.45) is 1.34. The molecule has 0 saturated carbocycles. The van der Waals surface area contributed by atoms with Crippen LogP contribution in [0.5, 0.6) is 0 Å². The number of piperidine rings is 1. The number of hydrogen-bond acceptors (Lipinski definition) is 4. The molecule has 1 saturated heterocycles. The molecular weight excluding hydrogens is 583 g/mol. The lowest BCUT2D eigenvalue weighted by atomic mass is 9.88. The van der Waals surface area contributed by atoms with Crippen LogP contribution in [-0.2, 0) is 17.8 Å². The van der Waals surface area contributed by atoms with Gasteiger partial charge in [-0.25, -0.2) is 4.39 Å². The number of likely N-dealkylation sites (tertiary alicyclic amines) is 1. The minimum absolute atomic E-state index is 0. The van der Waals surface area contributed by atoms with Crippen molar-refractivity contribution < 1.29 is 27.1 Å². The van der Waals surface area contributed by atoms with Gasteiger partial charge in [0.25, 0.3) is 5.91 Å². The van der Waals surface area contributed by atoms with Crippen LogP contribution in [0.2, 0.25) is 0 Å². The first-order valence-corrected chi connectivity index (χ1v) is 12.8. The summed E-state index contributed by atoms with van der Waals surface area (Å²) < 4.78 is 58.1. The predicted octanol–water partition coefficient (Wildman–Crippen LogP) is 6.70. The van der Waals surface area contributed by atoms with Gasteiger partial charge in [0.05, 0.1) is 12.2 Å². The first-order valence-electron chi connectivity index (χ1n) is 12.8. The van der Waals surface area contributed by atoms with Gasteiger partial charge in [0.1, 0.15) is 5.82 Å². The molecule has 0 aliphatic carbocycles. The van der Waals surface area contributed by atoms with Crippen molar-refractivity contribution in [1.82, 2.24) is 14.5 Å². The number of amides is 1. The van der Waals surface area contributed by atoms with E-state index in [0.717, 1.165) is 16.7 Å². The Kier molecular flexibility index (Phi) is 10.8. The Balaban J connectivity index is 0.00000231. The minimum Gasteiger partial charge on any atom is -0.344 e. The fourth-order valence-electron chi connectivity index (χ4n) is 5.33. The lowest BCUT2D eigenvalue weighted by Gasteiger charge is -2.32. The molecule has 220 valence electrons. The van der Waals surface area contributed by atoms with Gasteiger partial charge in [0.15, 0.2) is 0 Å². The number of nitrogens with two attached hydrogens (primary N) is 1. The van der Waals surface area contributed by atoms with Crippen LogP contribution in [0.1, 0.15) is 40.2 Å². The van der Waals surface area contributed by atoms with Crippen LogP contribution in [0.4, 0.5) is 17.6 Å². The topological polar surface area (TPSA) is 73.4 Å². The first kappa shape index (κ1) is 32.3. The molecule has 2 N–H and O–H groups in total. The number of benzene rings is 2. The van der Waals surface area contributed by atoms with Crippen molar-refractivity contribution in [1.29, 1.82) is 0 Å². The Bertz CT molecular complexity index is 1470. The fraction of sp³-hybridized carbons (Fsp3) is 0.310. The highest BCUT2D eigenvalue weighted by molar-refractivity contribution is 6.12. The number of aromatic nitrogens is 2. The number of carbonyl (C=O) groups excluding carboxylic acids is 1. The van der Waals surface area contributed by atoms with Gasteiger partial charge in [0, 0.05) is 55.7 Å². The maximum atomic E-state index is 14.6. The number of pyridine rings is 1. The van der Waals surface area contributed by atoms with Crippen molar-refractivity contribution in [2.45, 2.75) is 38.2 Å². The van der Waals surface area contributed by atoms with E-state index in [1.54, 1.807) is 46.3 Å². The van der Waals surface area contributed by atoms with E-state index in [0.29, 0.717) is 54.5 Å². The summed E-state index contributed by atoms with van der Waals surface area (Å²) in [4.78, 5) is 19.6. The number of fused-ring (bicyclic) bond motifs is 1. The Labute approximate surface area is 247 Å². The van der Waals surface area contributed by atoms with Gasteiger partial charge in [-0.1, -0.05) is 24.3 Å². The molecule has 3 heterocycles. The number of carbonyl (C=O) groups is 1. The maximum absolute atomic E-state index is 14.6. The van der Waals surface area contributed by atoms with Gasteiger partial charge in [-0.2, -0.15) is 0 Å². The first-order chi connectivity index (χ1) is 18.7. The summed E-state index contributed by atoms with van der Waals surface area (Å²) in [6, 6.07) is 14.0. The molecular formula is C29H30Cl2F4N4O2. The van der Waals surface area contributed by atoms with Gasteiger partial charge < -0.3 is 15.2 Å². The highest BCUT2D eigenvalue weighted by Gasteiger charge is 2.30. The Morgan fingerprint density at radius 1 is 1.05 bits per heavy atom. The number of hydrogen-bond donors (Lipinski definition) is 1. The average molecular weight is 613 g/mol. The van der Waals surface area contributed by atoms with E-state index in [9.17, 15) is 22.4 Å². The summed E-state index contributed by atoms with van der Waals surface area (Å²) in [5.41, 5.74) is 9.86. The lowest BCUT2D eigenvalue weighted by Crippen LogP contribution is -2.38. The summed E-state index contributed by atoms with van der Waals surface area (Å²) in [5.74, 6) is -0.525. The van der Waals surface area contributed by atoms with Crippen LogP contribution in [0.15, 0.2) is 67.1 Å². The quantitative estimate of drug-likeness (QED) is 0.236. The van der Waals surface area contributed by atoms with Crippen LogP contribution < -0.4 is 5.73 Å². The summed E-state index contributed by atoms with van der Waals surface area (Å²) in [6.45, 7) is 0.512. The molecule has 2 aromatic carbocycles. The number of nitrogens with zero attached hydrogens (tertiary/aromatic N) is 3. The van der Waals surface area contributed by atoms with E-state index < -0.39 is 13.0 Å². The van der Waals surface area contributed by atoms with Crippen molar-refractivity contribution in [3.8, 4) is 11.1 Å². The van der Waals surface area contributed by atoms with E-state index in [4.69, 9.17) is 5.73 Å². The third kappa shape index (κ3) is 7.19. The molecule has 1 aliphatic rings. The molecule has 6 nitrogen and oxygen atoms in total. The molecule has 41 heavy (non-hydrogen) atoms. The average Bonchev–Trinajstić information content (AvgIpc) is 3.31. The Hall–Kier alpha value is -3.18. The van der Waals surface area contributed by atoms with E-state index in [-0.39, 0.29) is 49.0 Å². The monoisotopic (exact) mass is 612 g/mol. The van der Waals surface area contributed by atoms with E-state index in [2.05, 4.69) is 9.72 Å². The molecule has 0 bridgehead atoms. The van der Waals surface area contributed by atoms with Gasteiger partial charge in [-0.15, -0.1) is 38.0 Å². The zero-order valence-electron chi connectivity index (χ0n) is 21.9. The molecule has 12 heteroatoms. The lowest BCUT2D eigenvalue weighted by molar-refractivity contribution is -0.325. The van der Waals surface area contributed by atoms with E-state index in [1.165, 1.54) is 6.07 Å². The molecule has 0 unspecified atom stereocenters. The van der Waals surface area contributed by atoms with Crippen LogP contribution in [0.25, 0.3) is 22.0 Å². The molecule has 2 aromatic heterocycles. The second-order valence-corrected chi connectivity index (χ2v) is 9.59. The standard InChI is InChI=1S/C29H28F4N4O2.2ClH/c30-25-5-4-19(17-34)16-23(25)21-8-12-36(13-9-21)28(38)24-18-37(14-15-39-29(31,32)33)26-3-1-2-22(27(24)26)20-6-10-35-11-7-20;;/h1-7,10-11,16,18,21H,8-9,12-15,17,34H2;2*1H. The van der Waals surface area contributed by atoms with E-state index in [1.807, 2.05) is 24.3 Å². The number of ether oxygens (including phenoxy) is 1. The fourth-order valence-corrected chi connectivity index (χ4v) is 5.33. The molecule has 1 amide bonds. The van der Waals surface area contributed by atoms with Gasteiger partial charge in [0.2, 0.25) is 0 Å². The third-order valence-corrected chi connectivity index (χ3v) is 7.24. The van der Waals surface area contributed by atoms with Crippen molar-refractivity contribution >= 4 is 41.6 Å². The third-order valence-electron chi connectivity index (χ3n) is 7.24. The number of rotatable bonds is 7. The Morgan fingerprint density at radius 2 is 1.76 bits per heavy atom. The SMILES string of the molecule is Cl.Cl.NCc1ccc(F)c(C2CCN(C(=O)c3cn(CCOC(F)(F)F)c4cccc(-c5ccncc5)c34)CC2)c1. The zero-order valence-corrected chi connectivity index (χ0v) is 23.6. The smallest absolute Gasteiger partial charge is 0.344 e. The molecule has 1 aliphatic heterocycles. The summed E-state index contributed by atoms with van der Waals surface area (Å²) >= 11 is 0. The Morgan fingerprint density at radius 3 is 2.41 bits per heavy atom. The molecule has 4 aromatic rings. The number of alkyl halides is 3. The van der Waals surface area contributed by atoms with Crippen LogP contribution in [-0.4, -0.2) is 46.4 Å². The summed E-state index contributed by atoms with van der Waals surface area (Å²) in [5, 5.41) is 0.657. The van der Waals surface area contributed by atoms with Gasteiger partial charge >= 0.3 is 6.36 Å². The van der Waals surface area contributed by atoms with Crippen LogP contribution >= 0.6 is 24.8 Å². The van der Waals surface area contributed by atoms with Gasteiger partial charge in [-0.05, 0) is 65.3 Å². The minimum atomic E-state index is -4.74. The van der Waals surface area contributed by atoms with Crippen molar-refractivity contribution in [2.24, 2.45) is 5.73 Å². The summed E-state index contributed by atoms with van der Waals surface area (Å²) in [7, 11) is 0. The van der Waals surface area contributed by atoms with E-state index >= 15 is 0 Å². The predicted molar refractivity (Wildman–Crippen MR) is 154 cm³/mol.